The highest BCUT2D eigenvalue weighted by Gasteiger charge is 2.29. The number of carbonyl (C=O) groups is 2. The Bertz CT molecular complexity index is 869. The Morgan fingerprint density at radius 2 is 1.93 bits per heavy atom. The molecule has 0 atom stereocenters. The van der Waals surface area contributed by atoms with E-state index in [1.54, 1.807) is 24.0 Å². The van der Waals surface area contributed by atoms with Crippen molar-refractivity contribution < 1.29 is 22.7 Å². The summed E-state index contributed by atoms with van der Waals surface area (Å²) < 4.78 is 31.1. The number of likely N-dealkylation sites (tertiary alicyclic amines) is 1. The molecule has 29 heavy (non-hydrogen) atoms. The van der Waals surface area contributed by atoms with Crippen molar-refractivity contribution in [1.29, 1.82) is 0 Å². The van der Waals surface area contributed by atoms with Crippen molar-refractivity contribution in [2.45, 2.75) is 38.6 Å². The van der Waals surface area contributed by atoms with Gasteiger partial charge in [-0.3, -0.25) is 9.10 Å². The Balaban J connectivity index is 1.66. The van der Waals surface area contributed by atoms with Crippen LogP contribution in [0, 0.1) is 0 Å². The van der Waals surface area contributed by atoms with Crippen molar-refractivity contribution in [3.63, 3.8) is 0 Å². The molecule has 2 fully saturated rings. The van der Waals surface area contributed by atoms with E-state index in [0.717, 1.165) is 6.42 Å². The summed E-state index contributed by atoms with van der Waals surface area (Å²) in [6.45, 7) is 3.49. The number of amides is 2. The van der Waals surface area contributed by atoms with Crippen LogP contribution in [0.3, 0.4) is 0 Å². The van der Waals surface area contributed by atoms with E-state index >= 15 is 0 Å². The van der Waals surface area contributed by atoms with E-state index in [1.807, 2.05) is 0 Å². The van der Waals surface area contributed by atoms with Crippen molar-refractivity contribution in [3.8, 4) is 0 Å². The van der Waals surface area contributed by atoms with Gasteiger partial charge in [0.1, 0.15) is 0 Å². The molecule has 0 aromatic heterocycles. The number of anilines is 1. The SMILES string of the molecule is CCOC(=O)N1CCC(NC(=O)c2ccc(Cl)c(N3CCCCS3(=O)=O)c2)CC1. The van der Waals surface area contributed by atoms with Gasteiger partial charge in [0.2, 0.25) is 10.0 Å². The van der Waals surface area contributed by atoms with Crippen molar-refractivity contribution in [2.75, 3.05) is 36.3 Å². The molecule has 2 heterocycles. The van der Waals surface area contributed by atoms with Crippen LogP contribution >= 0.6 is 11.6 Å². The molecular weight excluding hydrogens is 418 g/mol. The van der Waals surface area contributed by atoms with E-state index < -0.39 is 10.0 Å². The zero-order valence-corrected chi connectivity index (χ0v) is 18.0. The molecule has 1 aromatic rings. The van der Waals surface area contributed by atoms with Gasteiger partial charge in [-0.05, 0) is 50.8 Å². The van der Waals surface area contributed by atoms with Crippen LogP contribution in [0.15, 0.2) is 18.2 Å². The summed E-state index contributed by atoms with van der Waals surface area (Å²) >= 11 is 6.24. The van der Waals surface area contributed by atoms with Crippen LogP contribution in [0.5, 0.6) is 0 Å². The highest BCUT2D eigenvalue weighted by Crippen LogP contribution is 2.31. The van der Waals surface area contributed by atoms with Crippen LogP contribution in [0.2, 0.25) is 5.02 Å². The fraction of sp³-hybridized carbons (Fsp3) is 0.579. The monoisotopic (exact) mass is 443 g/mol. The number of rotatable bonds is 4. The molecule has 0 aliphatic carbocycles. The number of hydrogen-bond acceptors (Lipinski definition) is 5. The fourth-order valence-electron chi connectivity index (χ4n) is 3.59. The smallest absolute Gasteiger partial charge is 0.409 e. The first-order valence-corrected chi connectivity index (χ1v) is 11.8. The normalized spacial score (nSPS) is 19.7. The molecular formula is C19H26ClN3O5S. The van der Waals surface area contributed by atoms with E-state index in [-0.39, 0.29) is 23.8 Å². The standard InChI is InChI=1S/C19H26ClN3O5S/c1-2-28-19(25)22-10-7-15(8-11-22)21-18(24)14-5-6-16(20)17(13-14)23-9-3-4-12-29(23,26)27/h5-6,13,15H,2-4,7-12H2,1H3,(H,21,24). The summed E-state index contributed by atoms with van der Waals surface area (Å²) in [7, 11) is -3.42. The highest BCUT2D eigenvalue weighted by atomic mass is 35.5. The molecule has 2 saturated heterocycles. The van der Waals surface area contributed by atoms with Gasteiger partial charge in [0, 0.05) is 31.2 Å². The molecule has 1 N–H and O–H groups in total. The lowest BCUT2D eigenvalue weighted by molar-refractivity contribution is 0.0860. The minimum Gasteiger partial charge on any atom is -0.450 e. The summed E-state index contributed by atoms with van der Waals surface area (Å²) in [5.41, 5.74) is 0.703. The van der Waals surface area contributed by atoms with Gasteiger partial charge in [-0.1, -0.05) is 11.6 Å². The molecule has 0 bridgehead atoms. The lowest BCUT2D eigenvalue weighted by Gasteiger charge is -2.32. The summed E-state index contributed by atoms with van der Waals surface area (Å²) in [6.07, 6.45) is 2.31. The van der Waals surface area contributed by atoms with Gasteiger partial charge >= 0.3 is 6.09 Å². The minimum atomic E-state index is -3.42. The first-order chi connectivity index (χ1) is 13.8. The number of carbonyl (C=O) groups excluding carboxylic acids is 2. The van der Waals surface area contributed by atoms with Crippen LogP contribution in [0.1, 0.15) is 43.0 Å². The lowest BCUT2D eigenvalue weighted by Crippen LogP contribution is -2.46. The minimum absolute atomic E-state index is 0.0639. The van der Waals surface area contributed by atoms with E-state index in [0.29, 0.717) is 61.8 Å². The summed E-state index contributed by atoms with van der Waals surface area (Å²) in [5, 5.41) is 3.27. The van der Waals surface area contributed by atoms with Gasteiger partial charge in [-0.2, -0.15) is 0 Å². The maximum absolute atomic E-state index is 12.7. The number of ether oxygens (including phenoxy) is 1. The number of nitrogens with zero attached hydrogens (tertiary/aromatic N) is 2. The number of piperidine rings is 1. The number of benzene rings is 1. The molecule has 2 amide bonds. The summed E-state index contributed by atoms with van der Waals surface area (Å²) in [5.74, 6) is -0.203. The van der Waals surface area contributed by atoms with Crippen molar-refractivity contribution in [2.24, 2.45) is 0 Å². The van der Waals surface area contributed by atoms with Gasteiger partial charge in [0.25, 0.3) is 5.91 Å². The Morgan fingerprint density at radius 1 is 1.21 bits per heavy atom. The molecule has 2 aliphatic heterocycles. The van der Waals surface area contributed by atoms with Crippen LogP contribution in [-0.4, -0.2) is 63.4 Å². The molecule has 160 valence electrons. The molecule has 8 nitrogen and oxygen atoms in total. The number of sulfonamides is 1. The zero-order chi connectivity index (χ0) is 21.0. The van der Waals surface area contributed by atoms with Crippen LogP contribution in [-0.2, 0) is 14.8 Å². The van der Waals surface area contributed by atoms with Crippen LogP contribution in [0.25, 0.3) is 0 Å². The van der Waals surface area contributed by atoms with E-state index in [9.17, 15) is 18.0 Å². The lowest BCUT2D eigenvalue weighted by atomic mass is 10.0. The van der Waals surface area contributed by atoms with Gasteiger partial charge in [0.15, 0.2) is 0 Å². The Labute approximate surface area is 176 Å². The van der Waals surface area contributed by atoms with E-state index in [2.05, 4.69) is 5.32 Å². The van der Waals surface area contributed by atoms with Crippen molar-refractivity contribution in [3.05, 3.63) is 28.8 Å². The van der Waals surface area contributed by atoms with Gasteiger partial charge in [-0.25, -0.2) is 13.2 Å². The molecule has 0 radical (unpaired) electrons. The molecule has 0 saturated carbocycles. The third kappa shape index (κ3) is 5.14. The number of nitrogens with one attached hydrogen (secondary N) is 1. The molecule has 0 unspecified atom stereocenters. The average Bonchev–Trinajstić information content (AvgIpc) is 2.69. The zero-order valence-electron chi connectivity index (χ0n) is 16.4. The average molecular weight is 444 g/mol. The second-order valence-corrected chi connectivity index (χ2v) is 9.62. The third-order valence-corrected chi connectivity index (χ3v) is 7.36. The Morgan fingerprint density at radius 3 is 2.59 bits per heavy atom. The first-order valence-electron chi connectivity index (χ1n) is 9.84. The van der Waals surface area contributed by atoms with Gasteiger partial charge < -0.3 is 15.0 Å². The van der Waals surface area contributed by atoms with Crippen LogP contribution < -0.4 is 9.62 Å². The predicted molar refractivity (Wildman–Crippen MR) is 111 cm³/mol. The quantitative estimate of drug-likeness (QED) is 0.771. The third-order valence-electron chi connectivity index (χ3n) is 5.18. The van der Waals surface area contributed by atoms with Crippen molar-refractivity contribution in [1.82, 2.24) is 10.2 Å². The second-order valence-electron chi connectivity index (χ2n) is 7.20. The molecule has 1 aromatic carbocycles. The predicted octanol–water partition coefficient (Wildman–Crippen LogP) is 2.62. The molecule has 3 rings (SSSR count). The maximum Gasteiger partial charge on any atom is 0.409 e. The first kappa shape index (κ1) is 21.7. The maximum atomic E-state index is 12.7. The molecule has 2 aliphatic rings. The second kappa shape index (κ2) is 9.21. The van der Waals surface area contributed by atoms with Crippen LogP contribution in [0.4, 0.5) is 10.5 Å². The van der Waals surface area contributed by atoms with Gasteiger partial charge in [0.05, 0.1) is 23.1 Å². The van der Waals surface area contributed by atoms with E-state index in [4.69, 9.17) is 16.3 Å². The molecule has 0 spiro atoms. The van der Waals surface area contributed by atoms with E-state index in [1.165, 1.54) is 10.4 Å². The number of halogens is 1. The van der Waals surface area contributed by atoms with Gasteiger partial charge in [-0.15, -0.1) is 0 Å². The highest BCUT2D eigenvalue weighted by molar-refractivity contribution is 7.92. The Kier molecular flexibility index (Phi) is 6.89. The largest absolute Gasteiger partial charge is 0.450 e. The summed E-state index contributed by atoms with van der Waals surface area (Å²) in [6, 6.07) is 4.62. The summed E-state index contributed by atoms with van der Waals surface area (Å²) in [4.78, 5) is 26.1. The molecule has 10 heteroatoms. The Hall–Kier alpha value is -2.00. The fourth-order valence-corrected chi connectivity index (χ4v) is 5.51. The number of hydrogen-bond donors (Lipinski definition) is 1. The van der Waals surface area contributed by atoms with Crippen molar-refractivity contribution >= 4 is 39.3 Å². The topological polar surface area (TPSA) is 96.0 Å².